The molecule has 0 saturated carbocycles. The van der Waals surface area contributed by atoms with Crippen LogP contribution in [0.25, 0.3) is 22.5 Å². The maximum absolute atomic E-state index is 6.39. The summed E-state index contributed by atoms with van der Waals surface area (Å²) in [6, 6.07) is 13.5. The van der Waals surface area contributed by atoms with Crippen molar-refractivity contribution < 1.29 is 18.9 Å². The molecule has 34 heavy (non-hydrogen) atoms. The molecule has 0 bridgehead atoms. The largest absolute Gasteiger partial charge is 0.493 e. The van der Waals surface area contributed by atoms with Crippen molar-refractivity contribution in [2.75, 3.05) is 28.4 Å². The molecule has 2 heterocycles. The number of benzene rings is 2. The normalized spacial score (nSPS) is 10.9. The lowest BCUT2D eigenvalue weighted by Gasteiger charge is -2.12. The molecule has 0 aliphatic carbocycles. The second-order valence-corrected chi connectivity index (χ2v) is 8.06. The molecule has 9 heteroatoms. The van der Waals surface area contributed by atoms with Crippen LogP contribution in [-0.4, -0.2) is 48.0 Å². The molecule has 8 nitrogen and oxygen atoms in total. The second-order valence-electron chi connectivity index (χ2n) is 7.68. The summed E-state index contributed by atoms with van der Waals surface area (Å²) in [5, 5.41) is 10.1. The molecule has 0 aliphatic rings. The average molecular weight is 483 g/mol. The van der Waals surface area contributed by atoms with Crippen LogP contribution in [0, 0.1) is 13.8 Å². The van der Waals surface area contributed by atoms with Crippen LogP contribution < -0.4 is 18.9 Å². The monoisotopic (exact) mass is 482 g/mol. The highest BCUT2D eigenvalue weighted by atomic mass is 35.5. The van der Waals surface area contributed by atoms with E-state index in [1.165, 1.54) is 0 Å². The van der Waals surface area contributed by atoms with Gasteiger partial charge in [0.05, 0.1) is 56.2 Å². The number of ether oxygens (including phenoxy) is 4. The van der Waals surface area contributed by atoms with Crippen LogP contribution in [0.5, 0.6) is 23.0 Å². The zero-order valence-corrected chi connectivity index (χ0v) is 20.8. The highest BCUT2D eigenvalue weighted by Crippen LogP contribution is 2.36. The molecule has 2 aromatic carbocycles. The van der Waals surface area contributed by atoms with Crippen LogP contribution >= 0.6 is 11.6 Å². The summed E-state index contributed by atoms with van der Waals surface area (Å²) in [6.07, 6.45) is 0. The fourth-order valence-electron chi connectivity index (χ4n) is 3.83. The van der Waals surface area contributed by atoms with E-state index in [1.54, 1.807) is 28.4 Å². The summed E-state index contributed by atoms with van der Waals surface area (Å²) in [6.45, 7) is 4.22. The molecular weight excluding hydrogens is 456 g/mol. The van der Waals surface area contributed by atoms with Gasteiger partial charge in [0, 0.05) is 11.1 Å². The van der Waals surface area contributed by atoms with Gasteiger partial charge in [0.25, 0.3) is 0 Å². The molecular formula is C25H27ClN4O4. The van der Waals surface area contributed by atoms with Gasteiger partial charge < -0.3 is 18.9 Å². The standard InChI is InChI=1S/C25H27ClN4O4/c1-15-25(26)16(2)29(27-15)14-30-20(18-8-10-22(32-4)24(12-18)34-6)13-19(28-30)17-7-9-21(31-3)23(11-17)33-5/h7-13H,14H2,1-6H3. The predicted molar refractivity (Wildman–Crippen MR) is 131 cm³/mol. The maximum Gasteiger partial charge on any atom is 0.161 e. The van der Waals surface area contributed by atoms with Gasteiger partial charge >= 0.3 is 0 Å². The van der Waals surface area contributed by atoms with E-state index >= 15 is 0 Å². The third kappa shape index (κ3) is 4.28. The van der Waals surface area contributed by atoms with Crippen molar-refractivity contribution >= 4 is 11.6 Å². The minimum Gasteiger partial charge on any atom is -0.493 e. The molecule has 2 aromatic heterocycles. The summed E-state index contributed by atoms with van der Waals surface area (Å²) >= 11 is 6.39. The highest BCUT2D eigenvalue weighted by molar-refractivity contribution is 6.31. The molecule has 0 spiro atoms. The van der Waals surface area contributed by atoms with Crippen molar-refractivity contribution in [1.82, 2.24) is 19.6 Å². The van der Waals surface area contributed by atoms with Crippen molar-refractivity contribution in [1.29, 1.82) is 0 Å². The summed E-state index contributed by atoms with van der Waals surface area (Å²) in [7, 11) is 6.46. The molecule has 0 radical (unpaired) electrons. The molecule has 0 N–H and O–H groups in total. The van der Waals surface area contributed by atoms with Crippen LogP contribution in [-0.2, 0) is 6.67 Å². The quantitative estimate of drug-likeness (QED) is 0.342. The van der Waals surface area contributed by atoms with Crippen LogP contribution in [0.3, 0.4) is 0 Å². The number of nitrogens with zero attached hydrogens (tertiary/aromatic N) is 4. The van der Waals surface area contributed by atoms with Crippen molar-refractivity contribution in [2.45, 2.75) is 20.5 Å². The Labute approximate surface area is 203 Å². The summed E-state index contributed by atoms with van der Waals surface area (Å²) in [5.74, 6) is 2.58. The first-order valence-corrected chi connectivity index (χ1v) is 11.0. The Morgan fingerprint density at radius 2 is 1.26 bits per heavy atom. The van der Waals surface area contributed by atoms with Gasteiger partial charge in [-0.25, -0.2) is 9.36 Å². The fourth-order valence-corrected chi connectivity index (χ4v) is 3.96. The van der Waals surface area contributed by atoms with Gasteiger partial charge in [0.1, 0.15) is 6.67 Å². The van der Waals surface area contributed by atoms with E-state index in [4.69, 9.17) is 35.6 Å². The second kappa shape index (κ2) is 9.69. The molecule has 0 amide bonds. The molecule has 178 valence electrons. The van der Waals surface area contributed by atoms with Gasteiger partial charge in [-0.3, -0.25) is 0 Å². The third-order valence-electron chi connectivity index (χ3n) is 5.70. The number of hydrogen-bond donors (Lipinski definition) is 0. The van der Waals surface area contributed by atoms with E-state index in [0.29, 0.717) is 34.7 Å². The van der Waals surface area contributed by atoms with Crippen LogP contribution in [0.4, 0.5) is 0 Å². The lowest BCUT2D eigenvalue weighted by molar-refractivity contribution is 0.355. The fraction of sp³-hybridized carbons (Fsp3) is 0.280. The highest BCUT2D eigenvalue weighted by Gasteiger charge is 2.18. The number of methoxy groups -OCH3 is 4. The van der Waals surface area contributed by atoms with Gasteiger partial charge in [-0.1, -0.05) is 11.6 Å². The number of aryl methyl sites for hydroxylation is 1. The first kappa shape index (κ1) is 23.5. The van der Waals surface area contributed by atoms with E-state index < -0.39 is 0 Å². The minimum absolute atomic E-state index is 0.385. The first-order chi connectivity index (χ1) is 16.4. The van der Waals surface area contributed by atoms with Crippen LogP contribution in [0.15, 0.2) is 42.5 Å². The summed E-state index contributed by atoms with van der Waals surface area (Å²) in [5.41, 5.74) is 5.13. The number of halogens is 1. The zero-order valence-electron chi connectivity index (χ0n) is 20.0. The van der Waals surface area contributed by atoms with Crippen molar-refractivity contribution in [3.8, 4) is 45.5 Å². The van der Waals surface area contributed by atoms with Crippen LogP contribution in [0.1, 0.15) is 11.4 Å². The molecule has 0 fully saturated rings. The lowest BCUT2D eigenvalue weighted by atomic mass is 10.1. The Balaban J connectivity index is 1.85. The predicted octanol–water partition coefficient (Wildman–Crippen LogP) is 5.22. The third-order valence-corrected chi connectivity index (χ3v) is 6.25. The van der Waals surface area contributed by atoms with Crippen molar-refractivity contribution in [2.24, 2.45) is 0 Å². The smallest absolute Gasteiger partial charge is 0.161 e. The van der Waals surface area contributed by atoms with Crippen molar-refractivity contribution in [3.05, 3.63) is 58.9 Å². The SMILES string of the molecule is COc1ccc(-c2cc(-c3ccc(OC)c(OC)c3)n(Cn3nc(C)c(Cl)c3C)n2)cc1OC. The first-order valence-electron chi connectivity index (χ1n) is 10.6. The van der Waals surface area contributed by atoms with E-state index in [1.807, 2.05) is 65.7 Å². The van der Waals surface area contributed by atoms with Gasteiger partial charge in [-0.2, -0.15) is 10.2 Å². The zero-order chi connectivity index (χ0) is 24.4. The number of rotatable bonds is 8. The topological polar surface area (TPSA) is 72.6 Å². The van der Waals surface area contributed by atoms with E-state index in [-0.39, 0.29) is 0 Å². The molecule has 0 unspecified atom stereocenters. The Morgan fingerprint density at radius 1 is 0.706 bits per heavy atom. The molecule has 0 aliphatic heterocycles. The average Bonchev–Trinajstić information content (AvgIpc) is 3.39. The van der Waals surface area contributed by atoms with E-state index in [0.717, 1.165) is 33.9 Å². The molecule has 0 saturated heterocycles. The minimum atomic E-state index is 0.385. The summed E-state index contributed by atoms with van der Waals surface area (Å²) in [4.78, 5) is 0. The molecule has 0 atom stereocenters. The Kier molecular flexibility index (Phi) is 6.70. The van der Waals surface area contributed by atoms with Gasteiger partial charge in [-0.15, -0.1) is 0 Å². The summed E-state index contributed by atoms with van der Waals surface area (Å²) < 4.78 is 25.5. The van der Waals surface area contributed by atoms with E-state index in [9.17, 15) is 0 Å². The Morgan fingerprint density at radius 3 is 1.79 bits per heavy atom. The van der Waals surface area contributed by atoms with Gasteiger partial charge in [-0.05, 0) is 56.3 Å². The van der Waals surface area contributed by atoms with Gasteiger partial charge in [0.15, 0.2) is 23.0 Å². The maximum atomic E-state index is 6.39. The Hall–Kier alpha value is -3.65. The van der Waals surface area contributed by atoms with Crippen LogP contribution in [0.2, 0.25) is 5.02 Å². The van der Waals surface area contributed by atoms with Gasteiger partial charge in [0.2, 0.25) is 0 Å². The van der Waals surface area contributed by atoms with Crippen molar-refractivity contribution in [3.63, 3.8) is 0 Å². The lowest BCUT2D eigenvalue weighted by Crippen LogP contribution is -2.13. The van der Waals surface area contributed by atoms with E-state index in [2.05, 4.69) is 5.10 Å². The molecule has 4 aromatic rings. The Bertz CT molecular complexity index is 1330. The number of hydrogen-bond acceptors (Lipinski definition) is 6. The molecule has 4 rings (SSSR count). The number of aromatic nitrogens is 4.